The van der Waals surface area contributed by atoms with E-state index in [1.165, 1.54) is 17.7 Å². The normalized spacial score (nSPS) is 11.2. The summed E-state index contributed by atoms with van der Waals surface area (Å²) in [5.41, 5.74) is 0.191. The molecule has 3 rings (SSSR count). The quantitative estimate of drug-likeness (QED) is 0.648. The van der Waals surface area contributed by atoms with Crippen LogP contribution in [0.1, 0.15) is 0 Å². The molecule has 2 heterocycles. The van der Waals surface area contributed by atoms with Gasteiger partial charge in [0.05, 0.1) is 10.6 Å². The molecular formula is C15H9ClF4N4O. The first-order chi connectivity index (χ1) is 11.8. The van der Waals surface area contributed by atoms with Crippen LogP contribution in [0.2, 0.25) is 5.02 Å². The zero-order valence-corrected chi connectivity index (χ0v) is 13.3. The molecule has 0 aliphatic rings. The molecule has 0 amide bonds. The number of nitrogens with zero attached hydrogens (tertiary/aromatic N) is 4. The molecule has 0 atom stereocenters. The van der Waals surface area contributed by atoms with E-state index in [9.17, 15) is 17.6 Å². The fourth-order valence-corrected chi connectivity index (χ4v) is 2.42. The number of halogens is 5. The predicted molar refractivity (Wildman–Crippen MR) is 81.2 cm³/mol. The van der Waals surface area contributed by atoms with Crippen LogP contribution in [0.5, 0.6) is 5.88 Å². The van der Waals surface area contributed by atoms with Crippen molar-refractivity contribution in [3.05, 3.63) is 47.1 Å². The highest BCUT2D eigenvalue weighted by Crippen LogP contribution is 2.32. The number of ether oxygens (including phenoxy) is 1. The molecule has 10 heteroatoms. The topological polar surface area (TPSA) is 52.8 Å². The van der Waals surface area contributed by atoms with E-state index in [4.69, 9.17) is 11.6 Å². The average Bonchev–Trinajstić information content (AvgIpc) is 2.89. The maximum Gasteiger partial charge on any atom is 0.388 e. The monoisotopic (exact) mass is 372 g/mol. The Bertz CT molecular complexity index is 912. The van der Waals surface area contributed by atoms with E-state index in [0.717, 1.165) is 24.4 Å². The Morgan fingerprint density at radius 3 is 2.32 bits per heavy atom. The van der Waals surface area contributed by atoms with Gasteiger partial charge in [0.1, 0.15) is 11.6 Å². The summed E-state index contributed by atoms with van der Waals surface area (Å²) in [6.07, 6.45) is 1.14. The second-order valence-electron chi connectivity index (χ2n) is 4.95. The second-order valence-corrected chi connectivity index (χ2v) is 5.39. The van der Waals surface area contributed by atoms with Crippen LogP contribution < -0.4 is 4.74 Å². The maximum absolute atomic E-state index is 13.4. The summed E-state index contributed by atoms with van der Waals surface area (Å²) < 4.78 is 57.6. The Labute approximate surface area is 143 Å². The van der Waals surface area contributed by atoms with Crippen molar-refractivity contribution in [2.24, 2.45) is 7.05 Å². The Kier molecular flexibility index (Phi) is 4.58. The number of hydrogen-bond acceptors (Lipinski definition) is 4. The van der Waals surface area contributed by atoms with Crippen molar-refractivity contribution in [1.82, 2.24) is 19.7 Å². The highest BCUT2D eigenvalue weighted by Gasteiger charge is 2.20. The summed E-state index contributed by atoms with van der Waals surface area (Å²) in [7, 11) is 1.50. The lowest BCUT2D eigenvalue weighted by Gasteiger charge is -2.10. The molecule has 0 radical (unpaired) electrons. The molecule has 25 heavy (non-hydrogen) atoms. The van der Waals surface area contributed by atoms with Crippen molar-refractivity contribution in [2.45, 2.75) is 6.61 Å². The van der Waals surface area contributed by atoms with Gasteiger partial charge < -0.3 is 9.30 Å². The molecule has 0 aliphatic carbocycles. The molecule has 0 aliphatic heterocycles. The minimum atomic E-state index is -3.10. The smallest absolute Gasteiger partial charge is 0.388 e. The van der Waals surface area contributed by atoms with Crippen LogP contribution >= 0.6 is 11.6 Å². The van der Waals surface area contributed by atoms with Gasteiger partial charge in [0.15, 0.2) is 11.6 Å². The van der Waals surface area contributed by atoms with Gasteiger partial charge in [0.25, 0.3) is 0 Å². The van der Waals surface area contributed by atoms with E-state index in [1.807, 2.05) is 0 Å². The molecule has 130 valence electrons. The van der Waals surface area contributed by atoms with Gasteiger partial charge in [-0.2, -0.15) is 8.78 Å². The molecule has 2 aromatic heterocycles. The van der Waals surface area contributed by atoms with E-state index in [-0.39, 0.29) is 27.8 Å². The standard InChI is InChI=1S/C15H9ClF4N4O/c1-24-12(7-2-9(17)5-10(18)3-7)22-23-13(24)11-4-8(16)6-21-14(11)25-15(19)20/h2-6,15H,1H3. The number of benzene rings is 1. The van der Waals surface area contributed by atoms with Crippen LogP contribution in [0.15, 0.2) is 30.5 Å². The van der Waals surface area contributed by atoms with Crippen molar-refractivity contribution in [1.29, 1.82) is 0 Å². The Morgan fingerprint density at radius 2 is 1.68 bits per heavy atom. The first kappa shape index (κ1) is 17.2. The zero-order chi connectivity index (χ0) is 18.1. The van der Waals surface area contributed by atoms with Crippen LogP contribution in [-0.4, -0.2) is 26.4 Å². The number of pyridine rings is 1. The first-order valence-electron chi connectivity index (χ1n) is 6.81. The third kappa shape index (κ3) is 3.55. The van der Waals surface area contributed by atoms with Gasteiger partial charge in [-0.15, -0.1) is 10.2 Å². The minimum Gasteiger partial charge on any atom is -0.416 e. The van der Waals surface area contributed by atoms with Gasteiger partial charge >= 0.3 is 6.61 Å². The van der Waals surface area contributed by atoms with Gasteiger partial charge in [-0.1, -0.05) is 11.6 Å². The molecular weight excluding hydrogens is 364 g/mol. The van der Waals surface area contributed by atoms with E-state index in [1.54, 1.807) is 0 Å². The highest BCUT2D eigenvalue weighted by atomic mass is 35.5. The lowest BCUT2D eigenvalue weighted by molar-refractivity contribution is -0.0524. The molecule has 0 unspecified atom stereocenters. The van der Waals surface area contributed by atoms with Crippen molar-refractivity contribution in [3.63, 3.8) is 0 Å². The van der Waals surface area contributed by atoms with E-state index < -0.39 is 24.1 Å². The molecule has 0 N–H and O–H groups in total. The van der Waals surface area contributed by atoms with Crippen LogP contribution in [0.4, 0.5) is 17.6 Å². The fourth-order valence-electron chi connectivity index (χ4n) is 2.26. The van der Waals surface area contributed by atoms with Crippen LogP contribution in [-0.2, 0) is 7.05 Å². The Morgan fingerprint density at radius 1 is 1.04 bits per heavy atom. The van der Waals surface area contributed by atoms with E-state index in [0.29, 0.717) is 0 Å². The summed E-state index contributed by atoms with van der Waals surface area (Å²) in [5, 5.41) is 7.90. The zero-order valence-electron chi connectivity index (χ0n) is 12.6. The lowest BCUT2D eigenvalue weighted by atomic mass is 10.2. The maximum atomic E-state index is 13.4. The molecule has 0 saturated heterocycles. The number of rotatable bonds is 4. The van der Waals surface area contributed by atoms with Crippen molar-refractivity contribution in [2.75, 3.05) is 0 Å². The summed E-state index contributed by atoms with van der Waals surface area (Å²) >= 11 is 5.86. The predicted octanol–water partition coefficient (Wildman–Crippen LogP) is 4.08. The van der Waals surface area contributed by atoms with E-state index >= 15 is 0 Å². The summed E-state index contributed by atoms with van der Waals surface area (Å²) in [6.45, 7) is -3.10. The third-order valence-corrected chi connectivity index (χ3v) is 3.46. The summed E-state index contributed by atoms with van der Waals surface area (Å²) in [5.74, 6) is -1.76. The molecule has 0 spiro atoms. The van der Waals surface area contributed by atoms with Crippen LogP contribution in [0, 0.1) is 11.6 Å². The fraction of sp³-hybridized carbons (Fsp3) is 0.133. The number of hydrogen-bond donors (Lipinski definition) is 0. The first-order valence-corrected chi connectivity index (χ1v) is 7.19. The van der Waals surface area contributed by atoms with Crippen molar-refractivity contribution >= 4 is 11.6 Å². The second kappa shape index (κ2) is 6.67. The molecule has 0 bridgehead atoms. The highest BCUT2D eigenvalue weighted by molar-refractivity contribution is 6.30. The Hall–Kier alpha value is -2.68. The molecule has 3 aromatic rings. The average molecular weight is 373 g/mol. The summed E-state index contributed by atoms with van der Waals surface area (Å²) in [6, 6.07) is 4.19. The van der Waals surface area contributed by atoms with Gasteiger partial charge in [0.2, 0.25) is 5.88 Å². The van der Waals surface area contributed by atoms with Gasteiger partial charge in [-0.05, 0) is 18.2 Å². The van der Waals surface area contributed by atoms with Gasteiger partial charge in [0, 0.05) is 24.9 Å². The van der Waals surface area contributed by atoms with Crippen LogP contribution in [0.25, 0.3) is 22.8 Å². The number of aromatic nitrogens is 4. The molecule has 5 nitrogen and oxygen atoms in total. The molecule has 1 aromatic carbocycles. The Balaban J connectivity index is 2.12. The van der Waals surface area contributed by atoms with Gasteiger partial charge in [-0.25, -0.2) is 13.8 Å². The van der Waals surface area contributed by atoms with E-state index in [2.05, 4.69) is 19.9 Å². The van der Waals surface area contributed by atoms with Crippen molar-refractivity contribution in [3.8, 4) is 28.7 Å². The lowest BCUT2D eigenvalue weighted by Crippen LogP contribution is -2.06. The largest absolute Gasteiger partial charge is 0.416 e. The minimum absolute atomic E-state index is 0.0610. The number of alkyl halides is 2. The summed E-state index contributed by atoms with van der Waals surface area (Å²) in [4.78, 5) is 3.71. The molecule has 0 fully saturated rings. The van der Waals surface area contributed by atoms with Gasteiger partial charge in [-0.3, -0.25) is 0 Å². The third-order valence-electron chi connectivity index (χ3n) is 3.25. The SMILES string of the molecule is Cn1c(-c2cc(F)cc(F)c2)nnc1-c1cc(Cl)cnc1OC(F)F. The van der Waals surface area contributed by atoms with Crippen molar-refractivity contribution < 1.29 is 22.3 Å². The molecule has 0 saturated carbocycles. The van der Waals surface area contributed by atoms with Crippen LogP contribution in [0.3, 0.4) is 0 Å².